The van der Waals surface area contributed by atoms with Crippen molar-refractivity contribution >= 4 is 11.9 Å². The van der Waals surface area contributed by atoms with Crippen LogP contribution in [0, 0.1) is 0 Å². The van der Waals surface area contributed by atoms with Crippen LogP contribution >= 0.6 is 0 Å². The van der Waals surface area contributed by atoms with Crippen molar-refractivity contribution < 1.29 is 29.3 Å². The van der Waals surface area contributed by atoms with E-state index < -0.39 is 18.0 Å². The second kappa shape index (κ2) is 5.90. The van der Waals surface area contributed by atoms with Crippen LogP contribution in [0.4, 0.5) is 0 Å². The summed E-state index contributed by atoms with van der Waals surface area (Å²) in [7, 11) is 0. The van der Waals surface area contributed by atoms with Crippen LogP contribution in [0.2, 0.25) is 0 Å². The average molecular weight is 266 g/mol. The number of phenols is 2. The molecule has 1 rings (SSSR count). The van der Waals surface area contributed by atoms with Crippen LogP contribution in [0.5, 0.6) is 17.2 Å². The molecule has 0 heterocycles. The highest BCUT2D eigenvalue weighted by Crippen LogP contribution is 2.26. The van der Waals surface area contributed by atoms with Crippen LogP contribution in [-0.2, 0) is 14.3 Å². The molecule has 0 amide bonds. The number of carbonyl (C=O) groups excluding carboxylic acids is 2. The van der Waals surface area contributed by atoms with Gasteiger partial charge >= 0.3 is 11.9 Å². The lowest BCUT2D eigenvalue weighted by molar-refractivity contribution is -0.158. The van der Waals surface area contributed by atoms with E-state index in [1.807, 2.05) is 0 Å². The van der Waals surface area contributed by atoms with Gasteiger partial charge in [-0.2, -0.15) is 0 Å². The molecule has 1 unspecified atom stereocenters. The van der Waals surface area contributed by atoms with Crippen molar-refractivity contribution in [1.29, 1.82) is 0 Å². The van der Waals surface area contributed by atoms with Gasteiger partial charge in [-0.1, -0.05) is 6.58 Å². The molecular formula is C13H14O6. The normalized spacial score (nSPS) is 11.5. The van der Waals surface area contributed by atoms with Gasteiger partial charge in [-0.05, 0) is 13.8 Å². The maximum atomic E-state index is 11.6. The van der Waals surface area contributed by atoms with Crippen LogP contribution in [0.15, 0.2) is 30.4 Å². The fraction of sp³-hybridized carbons (Fsp3) is 0.231. The Labute approximate surface area is 109 Å². The quantitative estimate of drug-likeness (QED) is 0.487. The van der Waals surface area contributed by atoms with Crippen molar-refractivity contribution in [3.05, 3.63) is 30.4 Å². The molecule has 6 nitrogen and oxygen atoms in total. The van der Waals surface area contributed by atoms with Gasteiger partial charge in [0.05, 0.1) is 0 Å². The second-order valence-corrected chi connectivity index (χ2v) is 3.93. The summed E-state index contributed by atoms with van der Waals surface area (Å²) in [5.74, 6) is -2.10. The number of ether oxygens (including phenoxy) is 2. The molecule has 0 spiro atoms. The Morgan fingerprint density at radius 1 is 1.21 bits per heavy atom. The van der Waals surface area contributed by atoms with Crippen LogP contribution in [0.3, 0.4) is 0 Å². The molecule has 19 heavy (non-hydrogen) atoms. The van der Waals surface area contributed by atoms with E-state index in [0.717, 1.165) is 18.2 Å². The smallest absolute Gasteiger partial charge is 0.352 e. The van der Waals surface area contributed by atoms with Gasteiger partial charge in [0.25, 0.3) is 0 Å². The number of phenolic OH excluding ortho intramolecular Hbond substituents is 2. The summed E-state index contributed by atoms with van der Waals surface area (Å²) in [6.45, 7) is 6.17. The molecule has 0 radical (unpaired) electrons. The predicted octanol–water partition coefficient (Wildman–Crippen LogP) is 1.51. The van der Waals surface area contributed by atoms with Crippen LogP contribution in [-0.4, -0.2) is 28.3 Å². The highest BCUT2D eigenvalue weighted by Gasteiger charge is 2.20. The highest BCUT2D eigenvalue weighted by molar-refractivity contribution is 5.89. The van der Waals surface area contributed by atoms with Crippen molar-refractivity contribution in [3.8, 4) is 17.2 Å². The Hall–Kier alpha value is -2.50. The minimum atomic E-state index is -1.13. The van der Waals surface area contributed by atoms with E-state index >= 15 is 0 Å². The van der Waals surface area contributed by atoms with Crippen LogP contribution in [0.1, 0.15) is 13.8 Å². The molecule has 1 aromatic rings. The number of hydrogen-bond acceptors (Lipinski definition) is 6. The molecular weight excluding hydrogens is 252 g/mol. The zero-order valence-electron chi connectivity index (χ0n) is 10.5. The minimum absolute atomic E-state index is 0.0549. The fourth-order valence-corrected chi connectivity index (χ4v) is 1.14. The van der Waals surface area contributed by atoms with Gasteiger partial charge in [0.1, 0.15) is 17.2 Å². The Bertz CT molecular complexity index is 500. The molecule has 0 fully saturated rings. The standard InChI is InChI=1S/C13H14O6/c1-7(2)12(16)18-8(3)13(17)19-11-5-9(14)4-10(15)6-11/h4-6,8,14-15H,1H2,2-3H3. The number of benzene rings is 1. The zero-order chi connectivity index (χ0) is 14.6. The monoisotopic (exact) mass is 266 g/mol. The van der Waals surface area contributed by atoms with E-state index in [-0.39, 0.29) is 22.8 Å². The summed E-state index contributed by atoms with van der Waals surface area (Å²) in [5, 5.41) is 18.4. The average Bonchev–Trinajstić information content (AvgIpc) is 2.26. The minimum Gasteiger partial charge on any atom is -0.508 e. The molecule has 0 bridgehead atoms. The third kappa shape index (κ3) is 4.34. The van der Waals surface area contributed by atoms with Gasteiger partial charge in [0.15, 0.2) is 6.10 Å². The molecule has 102 valence electrons. The van der Waals surface area contributed by atoms with Crippen molar-refractivity contribution in [2.24, 2.45) is 0 Å². The van der Waals surface area contributed by atoms with Gasteiger partial charge < -0.3 is 19.7 Å². The zero-order valence-corrected chi connectivity index (χ0v) is 10.5. The third-order valence-electron chi connectivity index (χ3n) is 2.06. The highest BCUT2D eigenvalue weighted by atomic mass is 16.6. The molecule has 1 atom stereocenters. The third-order valence-corrected chi connectivity index (χ3v) is 2.06. The number of aromatic hydroxyl groups is 2. The first-order valence-electron chi connectivity index (χ1n) is 5.41. The molecule has 1 aromatic carbocycles. The maximum absolute atomic E-state index is 11.6. The van der Waals surface area contributed by atoms with E-state index in [2.05, 4.69) is 6.58 Å². The molecule has 0 aliphatic heterocycles. The van der Waals surface area contributed by atoms with E-state index in [4.69, 9.17) is 9.47 Å². The Morgan fingerprint density at radius 3 is 2.21 bits per heavy atom. The number of rotatable bonds is 4. The lowest BCUT2D eigenvalue weighted by Gasteiger charge is -2.12. The van der Waals surface area contributed by atoms with Crippen LogP contribution < -0.4 is 4.74 Å². The maximum Gasteiger partial charge on any atom is 0.352 e. The van der Waals surface area contributed by atoms with Crippen LogP contribution in [0.25, 0.3) is 0 Å². The first-order valence-corrected chi connectivity index (χ1v) is 5.41. The summed E-state index contributed by atoms with van der Waals surface area (Å²) in [5.41, 5.74) is 0.162. The van der Waals surface area contributed by atoms with Crippen molar-refractivity contribution in [2.75, 3.05) is 0 Å². The molecule has 0 aliphatic carbocycles. The number of hydrogen-bond donors (Lipinski definition) is 2. The SMILES string of the molecule is C=C(C)C(=O)OC(C)C(=O)Oc1cc(O)cc(O)c1. The summed E-state index contributed by atoms with van der Waals surface area (Å²) < 4.78 is 9.62. The largest absolute Gasteiger partial charge is 0.508 e. The molecule has 0 aromatic heterocycles. The van der Waals surface area contributed by atoms with Gasteiger partial charge in [0, 0.05) is 23.8 Å². The second-order valence-electron chi connectivity index (χ2n) is 3.93. The first-order chi connectivity index (χ1) is 8.79. The van der Waals surface area contributed by atoms with Crippen molar-refractivity contribution in [1.82, 2.24) is 0 Å². The molecule has 0 saturated carbocycles. The van der Waals surface area contributed by atoms with Gasteiger partial charge in [0.2, 0.25) is 0 Å². The van der Waals surface area contributed by atoms with Crippen molar-refractivity contribution in [2.45, 2.75) is 20.0 Å². The van der Waals surface area contributed by atoms with E-state index in [1.165, 1.54) is 13.8 Å². The number of esters is 2. The lowest BCUT2D eigenvalue weighted by atomic mass is 10.3. The Kier molecular flexibility index (Phi) is 4.52. The first kappa shape index (κ1) is 14.6. The molecule has 0 aliphatic rings. The number of carbonyl (C=O) groups is 2. The molecule has 6 heteroatoms. The Morgan fingerprint density at radius 2 is 1.74 bits per heavy atom. The summed E-state index contributed by atoms with van der Waals surface area (Å²) in [6, 6.07) is 3.37. The lowest BCUT2D eigenvalue weighted by Crippen LogP contribution is -2.28. The fourth-order valence-electron chi connectivity index (χ4n) is 1.14. The van der Waals surface area contributed by atoms with E-state index in [1.54, 1.807) is 0 Å². The summed E-state index contributed by atoms with van der Waals surface area (Å²) >= 11 is 0. The topological polar surface area (TPSA) is 93.1 Å². The van der Waals surface area contributed by atoms with Crippen molar-refractivity contribution in [3.63, 3.8) is 0 Å². The summed E-state index contributed by atoms with van der Waals surface area (Å²) in [4.78, 5) is 22.8. The van der Waals surface area contributed by atoms with E-state index in [0.29, 0.717) is 0 Å². The molecule has 2 N–H and O–H groups in total. The van der Waals surface area contributed by atoms with Gasteiger partial charge in [-0.15, -0.1) is 0 Å². The molecule has 0 saturated heterocycles. The Balaban J connectivity index is 2.68. The van der Waals surface area contributed by atoms with Gasteiger partial charge in [-0.3, -0.25) is 0 Å². The summed E-state index contributed by atoms with van der Waals surface area (Å²) in [6.07, 6.45) is -1.13. The van der Waals surface area contributed by atoms with E-state index in [9.17, 15) is 19.8 Å². The van der Waals surface area contributed by atoms with Gasteiger partial charge in [-0.25, -0.2) is 9.59 Å². The predicted molar refractivity (Wildman–Crippen MR) is 65.8 cm³/mol.